The van der Waals surface area contributed by atoms with E-state index < -0.39 is 0 Å². The summed E-state index contributed by atoms with van der Waals surface area (Å²) in [4.78, 5) is 11.6. The first kappa shape index (κ1) is 14.3. The van der Waals surface area contributed by atoms with Gasteiger partial charge in [0.15, 0.2) is 0 Å². The molecule has 0 atom stereocenters. The third kappa shape index (κ3) is 4.55. The summed E-state index contributed by atoms with van der Waals surface area (Å²) in [6, 6.07) is 11.9. The fraction of sp³-hybridized carbons (Fsp3) is 0.312. The van der Waals surface area contributed by atoms with Crippen LogP contribution < -0.4 is 10.6 Å². The molecule has 1 aromatic heterocycles. The Kier molecular flexibility index (Phi) is 5.38. The molecule has 20 heavy (non-hydrogen) atoms. The third-order valence-corrected chi connectivity index (χ3v) is 3.15. The second kappa shape index (κ2) is 7.50. The first-order valence-corrected chi connectivity index (χ1v) is 6.80. The van der Waals surface area contributed by atoms with Crippen LogP contribution in [-0.4, -0.2) is 12.5 Å². The first-order chi connectivity index (χ1) is 9.75. The molecule has 2 aromatic rings. The van der Waals surface area contributed by atoms with Gasteiger partial charge in [0.05, 0.1) is 12.8 Å². The van der Waals surface area contributed by atoms with Gasteiger partial charge in [0.2, 0.25) is 5.91 Å². The largest absolute Gasteiger partial charge is 0.467 e. The van der Waals surface area contributed by atoms with Gasteiger partial charge in [-0.2, -0.15) is 0 Å². The van der Waals surface area contributed by atoms with Crippen molar-refractivity contribution in [2.75, 3.05) is 6.54 Å². The Labute approximate surface area is 119 Å². The average Bonchev–Trinajstić information content (AvgIpc) is 2.96. The Balaban J connectivity index is 1.61. The Morgan fingerprint density at radius 3 is 2.75 bits per heavy atom. The van der Waals surface area contributed by atoms with E-state index in [0.29, 0.717) is 19.5 Å². The predicted octanol–water partition coefficient (Wildman–Crippen LogP) is 2.38. The van der Waals surface area contributed by atoms with Crippen LogP contribution in [0.5, 0.6) is 0 Å². The maximum atomic E-state index is 11.6. The van der Waals surface area contributed by atoms with Crippen LogP contribution in [0, 0.1) is 6.92 Å². The van der Waals surface area contributed by atoms with Crippen LogP contribution in [0.2, 0.25) is 0 Å². The maximum absolute atomic E-state index is 11.6. The van der Waals surface area contributed by atoms with Crippen LogP contribution >= 0.6 is 0 Å². The minimum atomic E-state index is 0.0266. The van der Waals surface area contributed by atoms with Crippen LogP contribution in [-0.2, 0) is 17.9 Å². The molecule has 0 saturated carbocycles. The summed E-state index contributed by atoms with van der Waals surface area (Å²) in [5.74, 6) is 0.796. The van der Waals surface area contributed by atoms with E-state index in [1.165, 1.54) is 11.1 Å². The molecule has 2 rings (SSSR count). The number of carbonyl (C=O) groups is 1. The first-order valence-electron chi connectivity index (χ1n) is 6.80. The van der Waals surface area contributed by atoms with Crippen molar-refractivity contribution < 1.29 is 9.21 Å². The molecule has 2 N–H and O–H groups in total. The lowest BCUT2D eigenvalue weighted by Gasteiger charge is -2.07. The van der Waals surface area contributed by atoms with Crippen molar-refractivity contribution in [3.8, 4) is 0 Å². The molecule has 106 valence electrons. The van der Waals surface area contributed by atoms with Gasteiger partial charge in [0.1, 0.15) is 5.76 Å². The zero-order valence-electron chi connectivity index (χ0n) is 11.7. The molecular weight excluding hydrogens is 252 g/mol. The highest BCUT2D eigenvalue weighted by Crippen LogP contribution is 2.05. The van der Waals surface area contributed by atoms with Gasteiger partial charge < -0.3 is 15.1 Å². The van der Waals surface area contributed by atoms with E-state index in [1.54, 1.807) is 6.26 Å². The van der Waals surface area contributed by atoms with Gasteiger partial charge in [-0.25, -0.2) is 0 Å². The lowest BCUT2D eigenvalue weighted by molar-refractivity contribution is -0.121. The number of carbonyl (C=O) groups excluding carboxylic acids is 1. The number of rotatable bonds is 7. The molecule has 0 aliphatic rings. The van der Waals surface area contributed by atoms with Crippen LogP contribution in [0.4, 0.5) is 0 Å². The Morgan fingerprint density at radius 1 is 1.15 bits per heavy atom. The van der Waals surface area contributed by atoms with E-state index in [0.717, 1.165) is 12.3 Å². The summed E-state index contributed by atoms with van der Waals surface area (Å²) in [7, 11) is 0. The van der Waals surface area contributed by atoms with Crippen LogP contribution in [0.15, 0.2) is 47.1 Å². The molecule has 0 saturated heterocycles. The number of benzene rings is 1. The predicted molar refractivity (Wildman–Crippen MR) is 78.1 cm³/mol. The lowest BCUT2D eigenvalue weighted by Crippen LogP contribution is -2.27. The van der Waals surface area contributed by atoms with Gasteiger partial charge in [0.25, 0.3) is 0 Å². The van der Waals surface area contributed by atoms with Crippen molar-refractivity contribution in [1.29, 1.82) is 0 Å². The van der Waals surface area contributed by atoms with E-state index in [1.807, 2.05) is 24.3 Å². The van der Waals surface area contributed by atoms with Crippen molar-refractivity contribution in [1.82, 2.24) is 10.6 Å². The summed E-state index contributed by atoms with van der Waals surface area (Å²) in [5, 5.41) is 6.10. The molecule has 0 aliphatic carbocycles. The Morgan fingerprint density at radius 2 is 2.00 bits per heavy atom. The Hall–Kier alpha value is -2.07. The number of hydrogen-bond acceptors (Lipinski definition) is 3. The monoisotopic (exact) mass is 272 g/mol. The van der Waals surface area contributed by atoms with Crippen LogP contribution in [0.3, 0.4) is 0 Å². The highest BCUT2D eigenvalue weighted by atomic mass is 16.3. The second-order valence-electron chi connectivity index (χ2n) is 4.71. The van der Waals surface area contributed by atoms with Crippen LogP contribution in [0.1, 0.15) is 23.3 Å². The molecule has 1 aromatic carbocycles. The minimum Gasteiger partial charge on any atom is -0.467 e. The van der Waals surface area contributed by atoms with Crippen molar-refractivity contribution in [3.05, 3.63) is 59.5 Å². The average molecular weight is 272 g/mol. The van der Waals surface area contributed by atoms with E-state index in [9.17, 15) is 4.79 Å². The molecule has 0 unspecified atom stereocenters. The number of amides is 1. The molecule has 0 aliphatic heterocycles. The molecular formula is C16H20N2O2. The summed E-state index contributed by atoms with van der Waals surface area (Å²) >= 11 is 0. The zero-order chi connectivity index (χ0) is 14.2. The number of nitrogens with one attached hydrogen (secondary N) is 2. The van der Waals surface area contributed by atoms with E-state index >= 15 is 0 Å². The minimum absolute atomic E-state index is 0.0266. The standard InChI is InChI=1S/C16H20N2O2/c1-13-5-2-3-6-14(13)11-17-9-8-16(19)18-12-15-7-4-10-20-15/h2-7,10,17H,8-9,11-12H2,1H3,(H,18,19). The molecule has 1 amide bonds. The molecule has 4 nitrogen and oxygen atoms in total. The summed E-state index contributed by atoms with van der Waals surface area (Å²) in [6.45, 7) is 3.99. The Bertz CT molecular complexity index is 535. The molecule has 1 heterocycles. The number of aryl methyl sites for hydroxylation is 1. The molecule has 4 heteroatoms. The van der Waals surface area contributed by atoms with E-state index in [2.05, 4.69) is 29.7 Å². The van der Waals surface area contributed by atoms with Crippen LogP contribution in [0.25, 0.3) is 0 Å². The summed E-state index contributed by atoms with van der Waals surface area (Å²) < 4.78 is 5.15. The maximum Gasteiger partial charge on any atom is 0.221 e. The fourth-order valence-electron chi connectivity index (χ4n) is 1.92. The van der Waals surface area contributed by atoms with Crippen molar-refractivity contribution in [3.63, 3.8) is 0 Å². The van der Waals surface area contributed by atoms with Crippen molar-refractivity contribution in [2.24, 2.45) is 0 Å². The zero-order valence-corrected chi connectivity index (χ0v) is 11.7. The van der Waals surface area contributed by atoms with Crippen molar-refractivity contribution in [2.45, 2.75) is 26.4 Å². The molecule has 0 fully saturated rings. The summed E-state index contributed by atoms with van der Waals surface area (Å²) in [6.07, 6.45) is 2.07. The number of hydrogen-bond donors (Lipinski definition) is 2. The molecule has 0 radical (unpaired) electrons. The van der Waals surface area contributed by atoms with Gasteiger partial charge >= 0.3 is 0 Å². The van der Waals surface area contributed by atoms with Gasteiger partial charge in [-0.1, -0.05) is 24.3 Å². The normalized spacial score (nSPS) is 10.4. The van der Waals surface area contributed by atoms with Crippen molar-refractivity contribution >= 4 is 5.91 Å². The second-order valence-corrected chi connectivity index (χ2v) is 4.71. The number of furan rings is 1. The van der Waals surface area contributed by atoms with Gasteiger partial charge in [-0.05, 0) is 30.2 Å². The van der Waals surface area contributed by atoms with E-state index in [4.69, 9.17) is 4.42 Å². The molecule has 0 bridgehead atoms. The SMILES string of the molecule is Cc1ccccc1CNCCC(=O)NCc1ccco1. The topological polar surface area (TPSA) is 54.3 Å². The van der Waals surface area contributed by atoms with E-state index in [-0.39, 0.29) is 5.91 Å². The summed E-state index contributed by atoms with van der Waals surface area (Å²) in [5.41, 5.74) is 2.53. The fourth-order valence-corrected chi connectivity index (χ4v) is 1.92. The molecule has 0 spiro atoms. The highest BCUT2D eigenvalue weighted by molar-refractivity contribution is 5.75. The smallest absolute Gasteiger partial charge is 0.221 e. The van der Waals surface area contributed by atoms with Gasteiger partial charge in [-0.15, -0.1) is 0 Å². The lowest BCUT2D eigenvalue weighted by atomic mass is 10.1. The third-order valence-electron chi connectivity index (χ3n) is 3.15. The quantitative estimate of drug-likeness (QED) is 0.761. The van der Waals surface area contributed by atoms with Gasteiger partial charge in [-0.3, -0.25) is 4.79 Å². The highest BCUT2D eigenvalue weighted by Gasteiger charge is 2.02. The van der Waals surface area contributed by atoms with Gasteiger partial charge in [0, 0.05) is 19.5 Å².